The number of carbonyl (C=O) groups excluding carboxylic acids is 2. The Kier molecular flexibility index (Phi) is 4.39. The summed E-state index contributed by atoms with van der Waals surface area (Å²) in [5.41, 5.74) is 1.55. The standard InChI is InChI=1S/C23H18N4O4/c1-26-10-9-24-19(26)13-31-20-8-7-14-11-15(30-2)12-18(21(14)25-20)27-22(28)16-5-3-4-6-17(16)23(27)29/h3-12H,13H2,1-2H3. The van der Waals surface area contributed by atoms with Crippen molar-refractivity contribution < 1.29 is 19.1 Å². The molecule has 3 heterocycles. The van der Waals surface area contributed by atoms with Gasteiger partial charge < -0.3 is 14.0 Å². The zero-order valence-electron chi connectivity index (χ0n) is 16.9. The van der Waals surface area contributed by atoms with E-state index in [1.807, 2.05) is 23.9 Å². The smallest absolute Gasteiger partial charge is 0.266 e. The highest BCUT2D eigenvalue weighted by Crippen LogP contribution is 2.36. The van der Waals surface area contributed by atoms with Crippen LogP contribution in [-0.2, 0) is 13.7 Å². The van der Waals surface area contributed by atoms with E-state index < -0.39 is 11.8 Å². The van der Waals surface area contributed by atoms with Gasteiger partial charge in [-0.1, -0.05) is 12.1 Å². The fraction of sp³-hybridized carbons (Fsp3) is 0.130. The normalized spacial score (nSPS) is 13.0. The van der Waals surface area contributed by atoms with Crippen LogP contribution in [0.5, 0.6) is 11.6 Å². The third kappa shape index (κ3) is 3.09. The number of ether oxygens (including phenoxy) is 2. The van der Waals surface area contributed by atoms with Gasteiger partial charge in [-0.3, -0.25) is 9.59 Å². The van der Waals surface area contributed by atoms with Crippen LogP contribution < -0.4 is 14.4 Å². The van der Waals surface area contributed by atoms with Gasteiger partial charge in [-0.25, -0.2) is 14.9 Å². The Morgan fingerprint density at radius 3 is 2.39 bits per heavy atom. The number of benzene rings is 2. The van der Waals surface area contributed by atoms with Crippen molar-refractivity contribution in [3.63, 3.8) is 0 Å². The van der Waals surface area contributed by atoms with Crippen LogP contribution in [0.15, 0.2) is 60.9 Å². The van der Waals surface area contributed by atoms with Crippen LogP contribution in [0.1, 0.15) is 26.5 Å². The Morgan fingerprint density at radius 2 is 1.74 bits per heavy atom. The van der Waals surface area contributed by atoms with Gasteiger partial charge in [0.05, 0.1) is 29.4 Å². The Bertz CT molecular complexity index is 1310. The maximum absolute atomic E-state index is 13.0. The van der Waals surface area contributed by atoms with Crippen LogP contribution in [0, 0.1) is 0 Å². The van der Waals surface area contributed by atoms with Gasteiger partial charge in [0.2, 0.25) is 5.88 Å². The second-order valence-electron chi connectivity index (χ2n) is 7.10. The molecule has 154 valence electrons. The maximum atomic E-state index is 13.0. The molecule has 2 aromatic carbocycles. The molecule has 8 nitrogen and oxygen atoms in total. The lowest BCUT2D eigenvalue weighted by Crippen LogP contribution is -2.29. The van der Waals surface area contributed by atoms with Gasteiger partial charge in [-0.05, 0) is 24.3 Å². The Hall–Kier alpha value is -4.20. The molecule has 0 spiro atoms. The summed E-state index contributed by atoms with van der Waals surface area (Å²) in [6.45, 7) is 0.237. The summed E-state index contributed by atoms with van der Waals surface area (Å²) >= 11 is 0. The molecule has 1 aliphatic rings. The Balaban J connectivity index is 1.59. The number of imidazole rings is 1. The number of pyridine rings is 1. The molecule has 8 heteroatoms. The second kappa shape index (κ2) is 7.24. The zero-order valence-corrected chi connectivity index (χ0v) is 16.9. The van der Waals surface area contributed by atoms with Crippen molar-refractivity contribution in [2.45, 2.75) is 6.61 Å². The van der Waals surface area contributed by atoms with Crippen molar-refractivity contribution in [1.82, 2.24) is 14.5 Å². The molecule has 1 aliphatic heterocycles. The number of aromatic nitrogens is 3. The molecular weight excluding hydrogens is 396 g/mol. The number of hydrogen-bond acceptors (Lipinski definition) is 6. The van der Waals surface area contributed by atoms with Crippen LogP contribution >= 0.6 is 0 Å². The number of aryl methyl sites for hydroxylation is 1. The summed E-state index contributed by atoms with van der Waals surface area (Å²) in [6, 6.07) is 13.8. The van der Waals surface area contributed by atoms with Gasteiger partial charge in [0.1, 0.15) is 18.2 Å². The first-order chi connectivity index (χ1) is 15.1. The summed E-state index contributed by atoms with van der Waals surface area (Å²) in [4.78, 5) is 36.1. The van der Waals surface area contributed by atoms with E-state index in [2.05, 4.69) is 9.97 Å². The molecule has 0 atom stereocenters. The van der Waals surface area contributed by atoms with Gasteiger partial charge in [-0.2, -0.15) is 0 Å². The predicted molar refractivity (Wildman–Crippen MR) is 113 cm³/mol. The number of amides is 2. The van der Waals surface area contributed by atoms with E-state index in [1.165, 1.54) is 7.11 Å². The summed E-state index contributed by atoms with van der Waals surface area (Å²) in [5, 5.41) is 0.718. The number of carbonyl (C=O) groups is 2. The molecule has 0 aliphatic carbocycles. The molecule has 0 saturated heterocycles. The first-order valence-corrected chi connectivity index (χ1v) is 9.62. The van der Waals surface area contributed by atoms with E-state index in [4.69, 9.17) is 9.47 Å². The van der Waals surface area contributed by atoms with E-state index in [9.17, 15) is 9.59 Å². The monoisotopic (exact) mass is 414 g/mol. The lowest BCUT2D eigenvalue weighted by Gasteiger charge is -2.18. The minimum atomic E-state index is -0.392. The number of hydrogen-bond donors (Lipinski definition) is 0. The SMILES string of the molecule is COc1cc(N2C(=O)c3ccccc3C2=O)c2nc(OCc3nccn3C)ccc2c1. The third-order valence-electron chi connectivity index (χ3n) is 5.26. The van der Waals surface area contributed by atoms with Crippen LogP contribution in [0.2, 0.25) is 0 Å². The fourth-order valence-corrected chi connectivity index (χ4v) is 3.62. The van der Waals surface area contributed by atoms with Crippen molar-refractivity contribution in [2.24, 2.45) is 7.05 Å². The lowest BCUT2D eigenvalue weighted by atomic mass is 10.1. The molecule has 4 aromatic rings. The second-order valence-corrected chi connectivity index (χ2v) is 7.10. The van der Waals surface area contributed by atoms with Crippen molar-refractivity contribution in [3.05, 3.63) is 77.9 Å². The van der Waals surface area contributed by atoms with Crippen molar-refractivity contribution in [1.29, 1.82) is 0 Å². The molecule has 0 N–H and O–H groups in total. The van der Waals surface area contributed by atoms with Crippen molar-refractivity contribution in [2.75, 3.05) is 12.0 Å². The number of methoxy groups -OCH3 is 1. The summed E-state index contributed by atoms with van der Waals surface area (Å²) in [6.07, 6.45) is 3.53. The molecular formula is C23H18N4O4. The summed E-state index contributed by atoms with van der Waals surface area (Å²) in [7, 11) is 3.41. The molecule has 5 rings (SSSR count). The predicted octanol–water partition coefficient (Wildman–Crippen LogP) is 3.36. The van der Waals surface area contributed by atoms with Crippen LogP contribution in [0.4, 0.5) is 5.69 Å². The van der Waals surface area contributed by atoms with Crippen LogP contribution in [0.3, 0.4) is 0 Å². The number of imide groups is 1. The van der Waals surface area contributed by atoms with Crippen LogP contribution in [0.25, 0.3) is 10.9 Å². The van der Waals surface area contributed by atoms with Crippen LogP contribution in [-0.4, -0.2) is 33.5 Å². The third-order valence-corrected chi connectivity index (χ3v) is 5.26. The lowest BCUT2D eigenvalue weighted by molar-refractivity contribution is 0.0926. The van der Waals surface area contributed by atoms with E-state index >= 15 is 0 Å². The molecule has 0 unspecified atom stereocenters. The van der Waals surface area contributed by atoms with E-state index in [0.29, 0.717) is 34.0 Å². The number of rotatable bonds is 5. The minimum absolute atomic E-state index is 0.237. The van der Waals surface area contributed by atoms with E-state index in [0.717, 1.165) is 16.1 Å². The topological polar surface area (TPSA) is 86.6 Å². The summed E-state index contributed by atoms with van der Waals surface area (Å²) in [5.74, 6) is 0.839. The maximum Gasteiger partial charge on any atom is 0.266 e. The largest absolute Gasteiger partial charge is 0.497 e. The highest BCUT2D eigenvalue weighted by molar-refractivity contribution is 6.35. The Labute approximate surface area is 177 Å². The first-order valence-electron chi connectivity index (χ1n) is 9.62. The van der Waals surface area contributed by atoms with Gasteiger partial charge in [0, 0.05) is 37.0 Å². The highest BCUT2D eigenvalue weighted by Gasteiger charge is 2.37. The molecule has 2 amide bonds. The molecule has 31 heavy (non-hydrogen) atoms. The molecule has 0 fully saturated rings. The van der Waals surface area contributed by atoms with Gasteiger partial charge in [-0.15, -0.1) is 0 Å². The number of nitrogens with zero attached hydrogens (tertiary/aromatic N) is 4. The number of fused-ring (bicyclic) bond motifs is 2. The highest BCUT2D eigenvalue weighted by atomic mass is 16.5. The molecule has 2 aromatic heterocycles. The van der Waals surface area contributed by atoms with E-state index in [1.54, 1.807) is 48.7 Å². The van der Waals surface area contributed by atoms with E-state index in [-0.39, 0.29) is 6.61 Å². The first kappa shape index (κ1) is 18.8. The quantitative estimate of drug-likeness (QED) is 0.466. The molecule has 0 bridgehead atoms. The zero-order chi connectivity index (χ0) is 21.5. The summed E-state index contributed by atoms with van der Waals surface area (Å²) < 4.78 is 13.1. The molecule has 0 radical (unpaired) electrons. The average Bonchev–Trinajstić information content (AvgIpc) is 3.32. The molecule has 0 saturated carbocycles. The average molecular weight is 414 g/mol. The Morgan fingerprint density at radius 1 is 1.00 bits per heavy atom. The van der Waals surface area contributed by atoms with Gasteiger partial charge in [0.25, 0.3) is 11.8 Å². The minimum Gasteiger partial charge on any atom is -0.497 e. The number of anilines is 1. The van der Waals surface area contributed by atoms with Crippen molar-refractivity contribution in [3.8, 4) is 11.6 Å². The van der Waals surface area contributed by atoms with Crippen molar-refractivity contribution >= 4 is 28.4 Å². The van der Waals surface area contributed by atoms with Gasteiger partial charge in [0.15, 0.2) is 0 Å². The fourth-order valence-electron chi connectivity index (χ4n) is 3.62. The van der Waals surface area contributed by atoms with Gasteiger partial charge >= 0.3 is 0 Å².